The van der Waals surface area contributed by atoms with Gasteiger partial charge in [0.25, 0.3) is 5.69 Å². The van der Waals surface area contributed by atoms with E-state index in [1.807, 2.05) is 40.1 Å². The molecule has 0 saturated carbocycles. The van der Waals surface area contributed by atoms with Gasteiger partial charge in [0.15, 0.2) is 0 Å². The lowest BCUT2D eigenvalue weighted by molar-refractivity contribution is -0.384. The molecule has 0 radical (unpaired) electrons. The van der Waals surface area contributed by atoms with E-state index in [0.717, 1.165) is 24.9 Å². The van der Waals surface area contributed by atoms with Crippen LogP contribution in [0, 0.1) is 10.1 Å². The van der Waals surface area contributed by atoms with E-state index in [1.54, 1.807) is 4.90 Å². The lowest BCUT2D eigenvalue weighted by atomic mass is 9.86. The number of nitro benzene ring substituents is 1. The predicted octanol–water partition coefficient (Wildman–Crippen LogP) is 2.44. The molecule has 1 spiro atoms. The summed E-state index contributed by atoms with van der Waals surface area (Å²) in [5, 5.41) is 11.0. The average Bonchev–Trinajstić information content (AvgIpc) is 3.20. The van der Waals surface area contributed by atoms with Crippen molar-refractivity contribution < 1.29 is 22.9 Å². The van der Waals surface area contributed by atoms with Crippen molar-refractivity contribution in [1.82, 2.24) is 14.1 Å². The van der Waals surface area contributed by atoms with Crippen molar-refractivity contribution in [1.29, 1.82) is 0 Å². The third-order valence-electron chi connectivity index (χ3n) is 7.85. The maximum absolute atomic E-state index is 13.9. The summed E-state index contributed by atoms with van der Waals surface area (Å²) in [6.07, 6.45) is 3.58. The van der Waals surface area contributed by atoms with Gasteiger partial charge in [0.05, 0.1) is 16.5 Å². The molecule has 2 aromatic carbocycles. The highest BCUT2D eigenvalue weighted by Crippen LogP contribution is 2.40. The molecule has 3 saturated heterocycles. The molecular weight excluding hydrogens is 510 g/mol. The number of hydrogen-bond donors (Lipinski definition) is 0. The Balaban J connectivity index is 1.36. The van der Waals surface area contributed by atoms with Crippen molar-refractivity contribution in [3.63, 3.8) is 0 Å². The topological polar surface area (TPSA) is 124 Å². The molecule has 2 aromatic rings. The van der Waals surface area contributed by atoms with Crippen molar-refractivity contribution >= 4 is 33.2 Å². The van der Waals surface area contributed by atoms with Crippen LogP contribution < -0.4 is 4.90 Å². The van der Waals surface area contributed by atoms with Crippen LogP contribution in [0.5, 0.6) is 0 Å². The number of hydrogen-bond acceptors (Lipinski definition) is 7. The second kappa shape index (κ2) is 10.3. The highest BCUT2D eigenvalue weighted by molar-refractivity contribution is 7.89. The number of amides is 2. The molecule has 3 aliphatic rings. The number of sulfonamides is 1. The van der Waals surface area contributed by atoms with Crippen LogP contribution in [0.15, 0.2) is 59.5 Å². The maximum Gasteiger partial charge on any atom is 0.269 e. The fourth-order valence-corrected chi connectivity index (χ4v) is 7.16. The van der Waals surface area contributed by atoms with E-state index >= 15 is 0 Å². The summed E-state index contributed by atoms with van der Waals surface area (Å²) in [5.41, 5.74) is -0.290. The van der Waals surface area contributed by atoms with Crippen LogP contribution in [0.1, 0.15) is 32.1 Å². The fourth-order valence-electron chi connectivity index (χ4n) is 5.71. The molecule has 0 aliphatic carbocycles. The molecule has 2 amide bonds. The third-order valence-corrected chi connectivity index (χ3v) is 9.76. The number of piperidine rings is 2. The molecule has 12 heteroatoms. The first-order chi connectivity index (χ1) is 18.2. The molecule has 38 heavy (non-hydrogen) atoms. The summed E-state index contributed by atoms with van der Waals surface area (Å²) in [5.74, 6) is -0.208. The molecule has 0 unspecified atom stereocenters. The number of carbonyl (C=O) groups excluding carboxylic acids is 2. The molecule has 0 bridgehead atoms. The first kappa shape index (κ1) is 26.1. The van der Waals surface area contributed by atoms with Gasteiger partial charge in [-0.1, -0.05) is 18.2 Å². The maximum atomic E-state index is 13.9. The smallest absolute Gasteiger partial charge is 0.269 e. The van der Waals surface area contributed by atoms with Crippen molar-refractivity contribution in [3.8, 4) is 0 Å². The SMILES string of the molecule is O=C(CN1CN(c2ccccc2)C2(CCN(S(=O)(=O)c3ccc([N+](=O)[O-])cc3)CC2)C1=O)N1CCCCC1. The summed E-state index contributed by atoms with van der Waals surface area (Å²) < 4.78 is 27.9. The van der Waals surface area contributed by atoms with Gasteiger partial charge in [-0.15, -0.1) is 0 Å². The molecule has 3 heterocycles. The minimum atomic E-state index is -3.89. The van der Waals surface area contributed by atoms with Gasteiger partial charge in [0.1, 0.15) is 12.1 Å². The highest BCUT2D eigenvalue weighted by Gasteiger charge is 2.55. The molecule has 11 nitrogen and oxygen atoms in total. The van der Waals surface area contributed by atoms with Gasteiger partial charge < -0.3 is 14.7 Å². The molecule has 5 rings (SSSR count). The number of benzene rings is 2. The zero-order chi connectivity index (χ0) is 26.9. The van der Waals surface area contributed by atoms with Gasteiger partial charge in [0, 0.05) is 44.0 Å². The molecular formula is C26H31N5O6S. The van der Waals surface area contributed by atoms with Gasteiger partial charge in [-0.25, -0.2) is 8.42 Å². The van der Waals surface area contributed by atoms with E-state index in [1.165, 1.54) is 28.6 Å². The van der Waals surface area contributed by atoms with Gasteiger partial charge >= 0.3 is 0 Å². The Morgan fingerprint density at radius 3 is 2.16 bits per heavy atom. The van der Waals surface area contributed by atoms with Crippen LogP contribution in [0.2, 0.25) is 0 Å². The minimum Gasteiger partial charge on any atom is -0.341 e. The number of para-hydroxylation sites is 1. The first-order valence-electron chi connectivity index (χ1n) is 12.9. The van der Waals surface area contributed by atoms with Gasteiger partial charge in [-0.2, -0.15) is 4.31 Å². The molecule has 0 atom stereocenters. The summed E-state index contributed by atoms with van der Waals surface area (Å²) in [6.45, 7) is 1.92. The second-order valence-corrected chi connectivity index (χ2v) is 12.0. The van der Waals surface area contributed by atoms with Crippen molar-refractivity contribution in [2.24, 2.45) is 0 Å². The fraction of sp³-hybridized carbons (Fsp3) is 0.462. The number of nitro groups is 1. The Hall–Kier alpha value is -3.51. The van der Waals surface area contributed by atoms with E-state index in [9.17, 15) is 28.1 Å². The molecule has 3 fully saturated rings. The monoisotopic (exact) mass is 541 g/mol. The van der Waals surface area contributed by atoms with E-state index in [2.05, 4.69) is 0 Å². The van der Waals surface area contributed by atoms with Gasteiger partial charge in [-0.3, -0.25) is 19.7 Å². The number of anilines is 1. The summed E-state index contributed by atoms with van der Waals surface area (Å²) in [4.78, 5) is 42.7. The van der Waals surface area contributed by atoms with Crippen LogP contribution in [-0.2, 0) is 19.6 Å². The van der Waals surface area contributed by atoms with Crippen molar-refractivity contribution in [2.45, 2.75) is 42.5 Å². The Labute approximate surface area is 221 Å². The average molecular weight is 542 g/mol. The zero-order valence-corrected chi connectivity index (χ0v) is 21.9. The van der Waals surface area contributed by atoms with Gasteiger partial charge in [-0.05, 0) is 56.4 Å². The summed E-state index contributed by atoms with van der Waals surface area (Å²) >= 11 is 0. The predicted molar refractivity (Wildman–Crippen MR) is 140 cm³/mol. The van der Waals surface area contributed by atoms with Crippen LogP contribution in [-0.4, -0.2) is 84.2 Å². The first-order valence-corrected chi connectivity index (χ1v) is 14.3. The van der Waals surface area contributed by atoms with E-state index in [-0.39, 0.29) is 61.5 Å². The largest absolute Gasteiger partial charge is 0.341 e. The molecule has 0 aromatic heterocycles. The molecule has 0 N–H and O–H groups in total. The number of non-ortho nitro benzene ring substituents is 1. The van der Waals surface area contributed by atoms with E-state index in [0.29, 0.717) is 13.1 Å². The third kappa shape index (κ3) is 4.73. The lowest BCUT2D eigenvalue weighted by Crippen LogP contribution is -2.57. The minimum absolute atomic E-state index is 0.00866. The highest BCUT2D eigenvalue weighted by atomic mass is 32.2. The standard InChI is InChI=1S/C26H31N5O6S/c32-24(27-15-5-2-6-16-27)19-28-20-30(21-7-3-1-4-8-21)26(25(28)33)13-17-29(18-14-26)38(36,37)23-11-9-22(10-12-23)31(34)35/h1,3-4,7-12H,2,5-6,13-20H2. The van der Waals surface area contributed by atoms with Crippen LogP contribution in [0.4, 0.5) is 11.4 Å². The number of likely N-dealkylation sites (tertiary alicyclic amines) is 1. The van der Waals surface area contributed by atoms with Gasteiger partial charge in [0.2, 0.25) is 21.8 Å². The lowest BCUT2D eigenvalue weighted by Gasteiger charge is -2.42. The number of nitrogens with zero attached hydrogens (tertiary/aromatic N) is 5. The number of carbonyl (C=O) groups is 2. The summed E-state index contributed by atoms with van der Waals surface area (Å²) in [6, 6.07) is 14.3. The molecule has 3 aliphatic heterocycles. The zero-order valence-electron chi connectivity index (χ0n) is 21.1. The van der Waals surface area contributed by atoms with Crippen LogP contribution >= 0.6 is 0 Å². The Bertz CT molecular complexity index is 1300. The van der Waals surface area contributed by atoms with E-state index in [4.69, 9.17) is 0 Å². The molecule has 202 valence electrons. The quantitative estimate of drug-likeness (QED) is 0.406. The Kier molecular flexibility index (Phi) is 7.10. The Morgan fingerprint density at radius 2 is 1.55 bits per heavy atom. The van der Waals surface area contributed by atoms with Crippen molar-refractivity contribution in [2.75, 3.05) is 44.3 Å². The number of rotatable bonds is 6. The Morgan fingerprint density at radius 1 is 0.921 bits per heavy atom. The van der Waals surface area contributed by atoms with Crippen LogP contribution in [0.25, 0.3) is 0 Å². The second-order valence-electron chi connectivity index (χ2n) is 10.0. The normalized spacial score (nSPS) is 20.2. The summed E-state index contributed by atoms with van der Waals surface area (Å²) in [7, 11) is -3.89. The van der Waals surface area contributed by atoms with Crippen LogP contribution in [0.3, 0.4) is 0 Å². The van der Waals surface area contributed by atoms with E-state index < -0.39 is 20.5 Å². The van der Waals surface area contributed by atoms with Crippen molar-refractivity contribution in [3.05, 3.63) is 64.7 Å².